The number of ether oxygens (including phenoxy) is 3. The highest BCUT2D eigenvalue weighted by molar-refractivity contribution is 7.10. The molecule has 0 radical (unpaired) electrons. The molecule has 0 spiro atoms. The molecule has 1 unspecified atom stereocenters. The summed E-state index contributed by atoms with van der Waals surface area (Å²) in [6, 6.07) is 7.34. The Balaban J connectivity index is 1.93. The molecule has 19 heavy (non-hydrogen) atoms. The van der Waals surface area contributed by atoms with Crippen LogP contribution in [0.5, 0.6) is 17.2 Å². The van der Waals surface area contributed by atoms with Gasteiger partial charge in [-0.3, -0.25) is 0 Å². The van der Waals surface area contributed by atoms with Crippen molar-refractivity contribution in [1.82, 2.24) is 0 Å². The zero-order valence-corrected chi connectivity index (χ0v) is 11.3. The second kappa shape index (κ2) is 5.11. The van der Waals surface area contributed by atoms with Crippen LogP contribution in [0.4, 0.5) is 0 Å². The van der Waals surface area contributed by atoms with Gasteiger partial charge >= 0.3 is 0 Å². The zero-order valence-electron chi connectivity index (χ0n) is 10.5. The van der Waals surface area contributed by atoms with E-state index >= 15 is 0 Å². The van der Waals surface area contributed by atoms with Gasteiger partial charge in [0.25, 0.3) is 0 Å². The predicted molar refractivity (Wildman–Crippen MR) is 72.4 cm³/mol. The van der Waals surface area contributed by atoms with E-state index in [4.69, 9.17) is 14.2 Å². The van der Waals surface area contributed by atoms with Crippen molar-refractivity contribution >= 4 is 11.3 Å². The second-order valence-electron chi connectivity index (χ2n) is 4.16. The zero-order chi connectivity index (χ0) is 13.2. The Morgan fingerprint density at radius 1 is 1.21 bits per heavy atom. The molecule has 0 aliphatic carbocycles. The molecule has 1 atom stereocenters. The molecule has 0 bridgehead atoms. The van der Waals surface area contributed by atoms with Gasteiger partial charge in [0.15, 0.2) is 11.5 Å². The van der Waals surface area contributed by atoms with Gasteiger partial charge in [0.05, 0.1) is 12.0 Å². The third-order valence-electron chi connectivity index (χ3n) is 3.01. The lowest BCUT2D eigenvalue weighted by Crippen LogP contribution is -2.15. The molecule has 1 aromatic carbocycles. The van der Waals surface area contributed by atoms with Crippen LogP contribution in [0.1, 0.15) is 16.5 Å². The molecular formula is C14H14O4S. The van der Waals surface area contributed by atoms with Crippen LogP contribution in [0.15, 0.2) is 29.6 Å². The van der Waals surface area contributed by atoms with Crippen LogP contribution in [-0.4, -0.2) is 25.4 Å². The summed E-state index contributed by atoms with van der Waals surface area (Å²) >= 11 is 1.47. The van der Waals surface area contributed by atoms with Gasteiger partial charge in [0.2, 0.25) is 0 Å². The summed E-state index contributed by atoms with van der Waals surface area (Å²) in [7, 11) is 1.60. The molecule has 2 aromatic rings. The molecule has 100 valence electrons. The molecule has 1 aliphatic rings. The summed E-state index contributed by atoms with van der Waals surface area (Å²) in [5.41, 5.74) is 0.769. The minimum Gasteiger partial charge on any atom is -0.495 e. The number of hydrogen-bond donors (Lipinski definition) is 1. The first-order valence-electron chi connectivity index (χ1n) is 5.98. The van der Waals surface area contributed by atoms with Gasteiger partial charge in [-0.25, -0.2) is 0 Å². The smallest absolute Gasteiger partial charge is 0.161 e. The van der Waals surface area contributed by atoms with Crippen molar-refractivity contribution in [2.24, 2.45) is 0 Å². The maximum Gasteiger partial charge on any atom is 0.161 e. The summed E-state index contributed by atoms with van der Waals surface area (Å²) in [5, 5.41) is 12.3. The van der Waals surface area contributed by atoms with Crippen LogP contribution < -0.4 is 14.2 Å². The average molecular weight is 278 g/mol. The summed E-state index contributed by atoms with van der Waals surface area (Å²) in [4.78, 5) is 0.791. The van der Waals surface area contributed by atoms with Gasteiger partial charge in [-0.2, -0.15) is 0 Å². The minimum atomic E-state index is -0.717. The third kappa shape index (κ3) is 2.27. The Labute approximate surface area is 115 Å². The van der Waals surface area contributed by atoms with Crippen molar-refractivity contribution in [3.8, 4) is 17.2 Å². The van der Waals surface area contributed by atoms with E-state index in [1.54, 1.807) is 7.11 Å². The molecule has 0 fully saturated rings. The largest absolute Gasteiger partial charge is 0.495 e. The summed E-state index contributed by atoms with van der Waals surface area (Å²) in [5.74, 6) is 2.10. The number of aliphatic hydroxyl groups excluding tert-OH is 1. The lowest BCUT2D eigenvalue weighted by Gasteiger charge is -2.20. The average Bonchev–Trinajstić information content (AvgIpc) is 2.94. The number of thiophene rings is 1. The van der Waals surface area contributed by atoms with Crippen molar-refractivity contribution in [2.75, 3.05) is 20.3 Å². The van der Waals surface area contributed by atoms with Crippen LogP contribution in [-0.2, 0) is 0 Å². The van der Waals surface area contributed by atoms with Gasteiger partial charge in [-0.15, -0.1) is 11.3 Å². The Bertz CT molecular complexity index is 579. The molecule has 0 amide bonds. The molecule has 4 nitrogen and oxygen atoms in total. The molecular weight excluding hydrogens is 264 g/mol. The SMILES string of the molecule is COc1ccsc1C(O)c1ccc2c(c1)OCCO2. The van der Waals surface area contributed by atoms with Crippen molar-refractivity contribution in [1.29, 1.82) is 0 Å². The lowest BCUT2D eigenvalue weighted by atomic mass is 10.1. The fraction of sp³-hybridized carbons (Fsp3) is 0.286. The first-order chi connectivity index (χ1) is 9.29. The maximum atomic E-state index is 10.4. The van der Waals surface area contributed by atoms with E-state index in [-0.39, 0.29) is 0 Å². The lowest BCUT2D eigenvalue weighted by molar-refractivity contribution is 0.169. The van der Waals surface area contributed by atoms with Crippen LogP contribution in [0, 0.1) is 0 Å². The number of methoxy groups -OCH3 is 1. The van der Waals surface area contributed by atoms with Gasteiger partial charge in [-0.05, 0) is 29.1 Å². The predicted octanol–water partition coefficient (Wildman–Crippen LogP) is 2.61. The Morgan fingerprint density at radius 2 is 2.00 bits per heavy atom. The first-order valence-corrected chi connectivity index (χ1v) is 6.86. The van der Waals surface area contributed by atoms with E-state index in [0.29, 0.717) is 24.7 Å². The Morgan fingerprint density at radius 3 is 2.79 bits per heavy atom. The van der Waals surface area contributed by atoms with Gasteiger partial charge in [0, 0.05) is 0 Å². The van der Waals surface area contributed by atoms with E-state index < -0.39 is 6.10 Å². The third-order valence-corrected chi connectivity index (χ3v) is 3.96. The number of hydrogen-bond acceptors (Lipinski definition) is 5. The first kappa shape index (κ1) is 12.3. The molecule has 0 saturated heterocycles. The molecule has 1 N–H and O–H groups in total. The highest BCUT2D eigenvalue weighted by Crippen LogP contribution is 2.38. The number of aliphatic hydroxyl groups is 1. The van der Waals surface area contributed by atoms with Crippen molar-refractivity contribution in [2.45, 2.75) is 6.10 Å². The topological polar surface area (TPSA) is 47.9 Å². The molecule has 5 heteroatoms. The van der Waals surface area contributed by atoms with E-state index in [1.165, 1.54) is 11.3 Å². The molecule has 3 rings (SSSR count). The fourth-order valence-corrected chi connectivity index (χ4v) is 2.93. The molecule has 1 aliphatic heterocycles. The maximum absolute atomic E-state index is 10.4. The number of rotatable bonds is 3. The van der Waals surface area contributed by atoms with Crippen molar-refractivity contribution < 1.29 is 19.3 Å². The summed E-state index contributed by atoms with van der Waals surface area (Å²) in [6.07, 6.45) is -0.717. The number of benzene rings is 1. The van der Waals surface area contributed by atoms with Crippen LogP contribution in [0.3, 0.4) is 0 Å². The Kier molecular flexibility index (Phi) is 3.31. The van der Waals surface area contributed by atoms with Crippen LogP contribution in [0.2, 0.25) is 0 Å². The van der Waals surface area contributed by atoms with Gasteiger partial charge < -0.3 is 19.3 Å². The van der Waals surface area contributed by atoms with Crippen molar-refractivity contribution in [3.63, 3.8) is 0 Å². The minimum absolute atomic E-state index is 0.537. The summed E-state index contributed by atoms with van der Waals surface area (Å²) in [6.45, 7) is 1.10. The highest BCUT2D eigenvalue weighted by atomic mass is 32.1. The quantitative estimate of drug-likeness (QED) is 0.937. The van der Waals surface area contributed by atoms with Gasteiger partial charge in [0.1, 0.15) is 25.1 Å². The van der Waals surface area contributed by atoms with E-state index in [0.717, 1.165) is 16.2 Å². The van der Waals surface area contributed by atoms with Gasteiger partial charge in [-0.1, -0.05) is 6.07 Å². The van der Waals surface area contributed by atoms with Crippen LogP contribution in [0.25, 0.3) is 0 Å². The monoisotopic (exact) mass is 278 g/mol. The number of fused-ring (bicyclic) bond motifs is 1. The summed E-state index contributed by atoms with van der Waals surface area (Å²) < 4.78 is 16.2. The standard InChI is InChI=1S/C14H14O4S/c1-16-11-4-7-19-14(11)13(15)9-2-3-10-12(8-9)18-6-5-17-10/h2-4,7-8,13,15H,5-6H2,1H3. The van der Waals surface area contributed by atoms with E-state index in [9.17, 15) is 5.11 Å². The molecule has 2 heterocycles. The molecule has 1 aromatic heterocycles. The van der Waals surface area contributed by atoms with Crippen molar-refractivity contribution in [3.05, 3.63) is 40.1 Å². The molecule has 0 saturated carbocycles. The highest BCUT2D eigenvalue weighted by Gasteiger charge is 2.20. The van der Waals surface area contributed by atoms with E-state index in [1.807, 2.05) is 29.6 Å². The van der Waals surface area contributed by atoms with Crippen LogP contribution >= 0.6 is 11.3 Å². The Hall–Kier alpha value is -1.72. The van der Waals surface area contributed by atoms with E-state index in [2.05, 4.69) is 0 Å². The fourth-order valence-electron chi connectivity index (χ4n) is 2.06. The normalized spacial score (nSPS) is 15.1. The second-order valence-corrected chi connectivity index (χ2v) is 5.11.